The first-order chi connectivity index (χ1) is 8.15. The molecule has 2 rings (SSSR count). The average molecular weight is 256 g/mol. The van der Waals surface area contributed by atoms with Crippen molar-refractivity contribution in [3.63, 3.8) is 0 Å². The van der Waals surface area contributed by atoms with E-state index in [0.717, 1.165) is 6.42 Å². The Bertz CT molecular complexity index is 420. The highest BCUT2D eigenvalue weighted by atomic mass is 32.1. The molecule has 1 amide bonds. The molecule has 1 saturated heterocycles. The lowest BCUT2D eigenvalue weighted by Gasteiger charge is -2.14. The zero-order valence-electron chi connectivity index (χ0n) is 9.90. The number of amides is 1. The first-order valence-corrected chi connectivity index (χ1v) is 6.23. The van der Waals surface area contributed by atoms with Gasteiger partial charge in [0.2, 0.25) is 0 Å². The third-order valence-electron chi connectivity index (χ3n) is 2.83. The molecule has 94 valence electrons. The van der Waals surface area contributed by atoms with Gasteiger partial charge in [-0.15, -0.1) is 0 Å². The van der Waals surface area contributed by atoms with E-state index in [9.17, 15) is 4.79 Å². The second kappa shape index (κ2) is 4.89. The summed E-state index contributed by atoms with van der Waals surface area (Å²) in [7, 11) is 3.42. The Morgan fingerprint density at radius 1 is 1.71 bits per heavy atom. The molecule has 0 radical (unpaired) electrons. The van der Waals surface area contributed by atoms with Crippen molar-refractivity contribution in [2.24, 2.45) is 0 Å². The minimum absolute atomic E-state index is 0.0546. The number of carbonyl (C=O) groups is 1. The summed E-state index contributed by atoms with van der Waals surface area (Å²) in [6, 6.07) is 0. The molecule has 1 aliphatic heterocycles. The summed E-state index contributed by atoms with van der Waals surface area (Å²) < 4.78 is 5.23. The zero-order chi connectivity index (χ0) is 12.4. The van der Waals surface area contributed by atoms with Crippen LogP contribution in [0.2, 0.25) is 0 Å². The van der Waals surface area contributed by atoms with Crippen LogP contribution < -0.4 is 11.1 Å². The molecule has 1 aromatic heterocycles. The molecule has 0 bridgehead atoms. The van der Waals surface area contributed by atoms with Gasteiger partial charge in [-0.25, -0.2) is 4.98 Å². The van der Waals surface area contributed by atoms with Crippen molar-refractivity contribution >= 4 is 28.2 Å². The van der Waals surface area contributed by atoms with Gasteiger partial charge >= 0.3 is 0 Å². The van der Waals surface area contributed by atoms with Gasteiger partial charge in [0.05, 0.1) is 6.10 Å². The van der Waals surface area contributed by atoms with Crippen LogP contribution in [0.15, 0.2) is 0 Å². The number of anilines is 2. The van der Waals surface area contributed by atoms with Gasteiger partial charge < -0.3 is 20.7 Å². The number of hydrogen-bond acceptors (Lipinski definition) is 6. The second-order valence-corrected chi connectivity index (χ2v) is 4.88. The fraction of sp³-hybridized carbons (Fsp3) is 0.600. The minimum Gasteiger partial charge on any atom is -0.382 e. The van der Waals surface area contributed by atoms with Crippen molar-refractivity contribution < 1.29 is 9.53 Å². The zero-order valence-corrected chi connectivity index (χ0v) is 10.7. The lowest BCUT2D eigenvalue weighted by molar-refractivity contribution is 0.0729. The summed E-state index contributed by atoms with van der Waals surface area (Å²) >= 11 is 1.28. The third kappa shape index (κ3) is 2.34. The highest BCUT2D eigenvalue weighted by Gasteiger charge is 2.29. The van der Waals surface area contributed by atoms with E-state index in [0.29, 0.717) is 28.9 Å². The van der Waals surface area contributed by atoms with Crippen molar-refractivity contribution in [2.75, 3.05) is 38.3 Å². The van der Waals surface area contributed by atoms with Gasteiger partial charge in [-0.1, -0.05) is 11.3 Å². The van der Waals surface area contributed by atoms with Gasteiger partial charge in [-0.05, 0) is 6.42 Å². The van der Waals surface area contributed by atoms with Crippen molar-refractivity contribution in [1.82, 2.24) is 9.88 Å². The molecule has 1 aromatic rings. The van der Waals surface area contributed by atoms with E-state index < -0.39 is 0 Å². The van der Waals surface area contributed by atoms with Crippen LogP contribution in [0.3, 0.4) is 0 Å². The Balaban J connectivity index is 2.11. The molecular weight excluding hydrogens is 240 g/mol. The van der Waals surface area contributed by atoms with Crippen LogP contribution >= 0.6 is 11.3 Å². The summed E-state index contributed by atoms with van der Waals surface area (Å²) in [6.07, 6.45) is 1.01. The lowest BCUT2D eigenvalue weighted by Crippen LogP contribution is -2.29. The van der Waals surface area contributed by atoms with E-state index in [1.54, 1.807) is 19.1 Å². The fourth-order valence-corrected chi connectivity index (χ4v) is 2.65. The molecule has 1 atom stereocenters. The van der Waals surface area contributed by atoms with Crippen molar-refractivity contribution in [2.45, 2.75) is 12.5 Å². The Hall–Kier alpha value is -1.34. The molecule has 3 N–H and O–H groups in total. The molecule has 0 spiro atoms. The summed E-state index contributed by atoms with van der Waals surface area (Å²) in [5, 5.41) is 3.55. The summed E-state index contributed by atoms with van der Waals surface area (Å²) in [6.45, 7) is 1.34. The largest absolute Gasteiger partial charge is 0.382 e. The molecule has 1 aliphatic rings. The van der Waals surface area contributed by atoms with E-state index in [2.05, 4.69) is 10.3 Å². The van der Waals surface area contributed by atoms with E-state index in [-0.39, 0.29) is 12.0 Å². The second-order valence-electron chi connectivity index (χ2n) is 3.88. The van der Waals surface area contributed by atoms with Crippen LogP contribution in [0.1, 0.15) is 16.1 Å². The van der Waals surface area contributed by atoms with Crippen LogP contribution in [0.5, 0.6) is 0 Å². The number of likely N-dealkylation sites (tertiary alicyclic amines) is 1. The van der Waals surface area contributed by atoms with Gasteiger partial charge in [0.1, 0.15) is 10.7 Å². The first kappa shape index (κ1) is 12.1. The molecule has 0 aromatic carbocycles. The van der Waals surface area contributed by atoms with Gasteiger partial charge in [-0.3, -0.25) is 4.79 Å². The van der Waals surface area contributed by atoms with Crippen molar-refractivity contribution in [1.29, 1.82) is 0 Å². The third-order valence-corrected chi connectivity index (χ3v) is 3.90. The van der Waals surface area contributed by atoms with E-state index in [1.165, 1.54) is 11.3 Å². The topological polar surface area (TPSA) is 80.5 Å². The van der Waals surface area contributed by atoms with Crippen LogP contribution in [-0.4, -0.2) is 49.1 Å². The molecule has 1 unspecified atom stereocenters. The maximum Gasteiger partial charge on any atom is 0.267 e. The fourth-order valence-electron chi connectivity index (χ4n) is 1.84. The summed E-state index contributed by atoms with van der Waals surface area (Å²) in [5.74, 6) is 0.242. The number of thiazole rings is 1. The Labute approximate surface area is 104 Å². The van der Waals surface area contributed by atoms with Crippen LogP contribution in [-0.2, 0) is 4.74 Å². The number of ether oxygens (including phenoxy) is 1. The normalized spacial score (nSPS) is 19.6. The number of carbonyl (C=O) groups excluding carboxylic acids is 1. The SMILES string of the molecule is CNc1nc(N)c(C(=O)N2CCC(OC)C2)s1. The maximum atomic E-state index is 12.2. The molecule has 0 aliphatic carbocycles. The molecular formula is C10H16N4O2S. The number of nitrogen functional groups attached to an aromatic ring is 1. The molecule has 6 nitrogen and oxygen atoms in total. The van der Waals surface area contributed by atoms with Crippen LogP contribution in [0, 0.1) is 0 Å². The maximum absolute atomic E-state index is 12.2. The van der Waals surface area contributed by atoms with Gasteiger partial charge in [-0.2, -0.15) is 0 Å². The number of methoxy groups -OCH3 is 1. The molecule has 1 fully saturated rings. The highest BCUT2D eigenvalue weighted by molar-refractivity contribution is 7.18. The monoisotopic (exact) mass is 256 g/mol. The molecule has 2 heterocycles. The molecule has 17 heavy (non-hydrogen) atoms. The van der Waals surface area contributed by atoms with E-state index in [1.807, 2.05) is 0 Å². The van der Waals surface area contributed by atoms with Crippen molar-refractivity contribution in [3.05, 3.63) is 4.88 Å². The first-order valence-electron chi connectivity index (χ1n) is 5.41. The van der Waals surface area contributed by atoms with Gasteiger partial charge in [0, 0.05) is 27.2 Å². The van der Waals surface area contributed by atoms with Gasteiger partial charge in [0.15, 0.2) is 5.13 Å². The molecule has 0 saturated carbocycles. The van der Waals surface area contributed by atoms with Crippen LogP contribution in [0.4, 0.5) is 10.9 Å². The molecule has 7 heteroatoms. The predicted octanol–water partition coefficient (Wildman–Crippen LogP) is 0.628. The number of aromatic nitrogens is 1. The van der Waals surface area contributed by atoms with Gasteiger partial charge in [0.25, 0.3) is 5.91 Å². The predicted molar refractivity (Wildman–Crippen MR) is 67.4 cm³/mol. The Kier molecular flexibility index (Phi) is 3.49. The number of nitrogens with one attached hydrogen (secondary N) is 1. The minimum atomic E-state index is -0.0546. The number of nitrogens with two attached hydrogens (primary N) is 1. The van der Waals surface area contributed by atoms with E-state index in [4.69, 9.17) is 10.5 Å². The lowest BCUT2D eigenvalue weighted by atomic mass is 10.3. The standard InChI is InChI=1S/C10H16N4O2S/c1-12-10-13-8(11)7(17-10)9(15)14-4-3-6(5-14)16-2/h6H,3-5,11H2,1-2H3,(H,12,13). The van der Waals surface area contributed by atoms with E-state index >= 15 is 0 Å². The Morgan fingerprint density at radius 3 is 3.00 bits per heavy atom. The number of nitrogens with zero attached hydrogens (tertiary/aromatic N) is 2. The van der Waals surface area contributed by atoms with Crippen LogP contribution in [0.25, 0.3) is 0 Å². The van der Waals surface area contributed by atoms with Crippen molar-refractivity contribution in [3.8, 4) is 0 Å². The summed E-state index contributed by atoms with van der Waals surface area (Å²) in [5.41, 5.74) is 5.73. The quantitative estimate of drug-likeness (QED) is 0.829. The smallest absolute Gasteiger partial charge is 0.267 e. The number of rotatable bonds is 3. The number of hydrogen-bond donors (Lipinski definition) is 2. The highest BCUT2D eigenvalue weighted by Crippen LogP contribution is 2.27. The summed E-state index contributed by atoms with van der Waals surface area (Å²) in [4.78, 5) is 18.5. The Morgan fingerprint density at radius 2 is 2.47 bits per heavy atom. The average Bonchev–Trinajstić information content (AvgIpc) is 2.94.